The fraction of sp³-hybridized carbons (Fsp3) is 0.263. The Morgan fingerprint density at radius 3 is 1.70 bits per heavy atom. The lowest BCUT2D eigenvalue weighted by Gasteiger charge is -2.19. The number of carbonyl (C=O) groups excluding carboxylic acids is 2. The predicted molar refractivity (Wildman–Crippen MR) is 92.7 cm³/mol. The Morgan fingerprint density at radius 2 is 1.30 bits per heavy atom. The molecule has 2 aromatic carbocycles. The summed E-state index contributed by atoms with van der Waals surface area (Å²) >= 11 is 0. The Labute approximate surface area is 166 Å². The van der Waals surface area contributed by atoms with Crippen molar-refractivity contribution < 1.29 is 41.0 Å². The Bertz CT molecular complexity index is 892. The molecule has 11 heteroatoms. The summed E-state index contributed by atoms with van der Waals surface area (Å²) < 4.78 is 75.5. The fourth-order valence-corrected chi connectivity index (χ4v) is 2.54. The molecule has 0 saturated carbocycles. The first-order valence-corrected chi connectivity index (χ1v) is 8.40. The number of halogens is 6. The molecule has 30 heavy (non-hydrogen) atoms. The average molecular weight is 434 g/mol. The van der Waals surface area contributed by atoms with Crippen molar-refractivity contribution in [3.05, 3.63) is 70.8 Å². The molecule has 0 aliphatic heterocycles. The molecule has 0 aromatic heterocycles. The Balaban J connectivity index is 2.08. The lowest BCUT2D eigenvalue weighted by molar-refractivity contribution is -0.138. The lowest BCUT2D eigenvalue weighted by Crippen LogP contribution is -2.47. The van der Waals surface area contributed by atoms with Crippen molar-refractivity contribution in [3.63, 3.8) is 0 Å². The van der Waals surface area contributed by atoms with Gasteiger partial charge in [-0.25, -0.2) is 0 Å². The van der Waals surface area contributed by atoms with E-state index in [1.165, 1.54) is 0 Å². The Kier molecular flexibility index (Phi) is 6.76. The number of rotatable bonds is 6. The third-order valence-electron chi connectivity index (χ3n) is 4.18. The first kappa shape index (κ1) is 23.2. The van der Waals surface area contributed by atoms with Gasteiger partial charge in [-0.05, 0) is 35.4 Å². The van der Waals surface area contributed by atoms with Crippen molar-refractivity contribution in [2.75, 3.05) is 0 Å². The quantitative estimate of drug-likeness (QED) is 0.611. The molecule has 2 aromatic rings. The van der Waals surface area contributed by atoms with Crippen molar-refractivity contribution in [3.8, 4) is 0 Å². The van der Waals surface area contributed by atoms with Crippen LogP contribution in [0.3, 0.4) is 0 Å². The molecule has 0 saturated heterocycles. The summed E-state index contributed by atoms with van der Waals surface area (Å²) in [5, 5.41) is 12.2. The minimum absolute atomic E-state index is 0.154. The van der Waals surface area contributed by atoms with Gasteiger partial charge in [0, 0.05) is 6.42 Å². The van der Waals surface area contributed by atoms with Crippen LogP contribution < -0.4 is 11.1 Å². The van der Waals surface area contributed by atoms with Crippen LogP contribution in [0.2, 0.25) is 0 Å². The first-order valence-electron chi connectivity index (χ1n) is 8.40. The summed E-state index contributed by atoms with van der Waals surface area (Å²) in [5.74, 6) is -2.12. The number of carbonyl (C=O) groups is 2. The minimum atomic E-state index is -4.59. The molecule has 0 bridgehead atoms. The van der Waals surface area contributed by atoms with Gasteiger partial charge in [-0.3, -0.25) is 9.59 Å². The molecule has 2 amide bonds. The molecule has 2 atom stereocenters. The highest BCUT2D eigenvalue weighted by atomic mass is 19.4. The molecule has 4 N–H and O–H groups in total. The average Bonchev–Trinajstić information content (AvgIpc) is 2.65. The van der Waals surface area contributed by atoms with E-state index in [0.29, 0.717) is 12.1 Å². The standard InChI is InChI=1S/C19H16F6N2O3/c20-18(21,22)12-5-1-10(2-6-12)9-14(16(26)29)27-17(30)15(28)11-3-7-13(8-4-11)19(23,24)25/h1-8,14-15,28H,9H2,(H2,26,29)(H,27,30)/t14-,15-/m1/s1. The minimum Gasteiger partial charge on any atom is -0.378 e. The summed E-state index contributed by atoms with van der Waals surface area (Å²) in [5.41, 5.74) is 3.43. The summed E-state index contributed by atoms with van der Waals surface area (Å²) in [6.45, 7) is 0. The maximum absolute atomic E-state index is 12.6. The topological polar surface area (TPSA) is 92.4 Å². The van der Waals surface area contributed by atoms with E-state index in [1.807, 2.05) is 0 Å². The van der Waals surface area contributed by atoms with Crippen LogP contribution in [0.1, 0.15) is 28.4 Å². The van der Waals surface area contributed by atoms with Crippen molar-refractivity contribution in [2.45, 2.75) is 30.9 Å². The van der Waals surface area contributed by atoms with Gasteiger partial charge in [0.05, 0.1) is 11.1 Å². The zero-order valence-electron chi connectivity index (χ0n) is 15.1. The van der Waals surface area contributed by atoms with Crippen molar-refractivity contribution in [2.24, 2.45) is 5.73 Å². The number of nitrogens with two attached hydrogens (primary N) is 1. The van der Waals surface area contributed by atoms with Crippen molar-refractivity contribution in [1.82, 2.24) is 5.32 Å². The second-order valence-corrected chi connectivity index (χ2v) is 6.38. The number of primary amides is 1. The zero-order chi connectivity index (χ0) is 22.7. The number of hydrogen-bond acceptors (Lipinski definition) is 3. The molecule has 0 aliphatic rings. The maximum atomic E-state index is 12.6. The summed E-state index contributed by atoms with van der Waals surface area (Å²) in [4.78, 5) is 23.8. The third kappa shape index (κ3) is 5.96. The molecule has 5 nitrogen and oxygen atoms in total. The van der Waals surface area contributed by atoms with Gasteiger partial charge < -0.3 is 16.2 Å². The molecular formula is C19H16F6N2O3. The van der Waals surface area contributed by atoms with Gasteiger partial charge in [0.15, 0.2) is 6.10 Å². The number of hydrogen-bond donors (Lipinski definition) is 3. The largest absolute Gasteiger partial charge is 0.416 e. The van der Waals surface area contributed by atoms with Crippen LogP contribution in [0.4, 0.5) is 26.3 Å². The van der Waals surface area contributed by atoms with Gasteiger partial charge in [0.1, 0.15) is 6.04 Å². The molecule has 162 valence electrons. The monoisotopic (exact) mass is 434 g/mol. The van der Waals surface area contributed by atoms with Gasteiger partial charge in [-0.1, -0.05) is 24.3 Å². The summed E-state index contributed by atoms with van der Waals surface area (Å²) in [6.07, 6.45) is -11.3. The number of alkyl halides is 6. The zero-order valence-corrected chi connectivity index (χ0v) is 15.1. The SMILES string of the molecule is NC(=O)[C@@H](Cc1ccc(C(F)(F)F)cc1)NC(=O)[C@H](O)c1ccc(C(F)(F)F)cc1. The molecule has 0 fully saturated rings. The van der Waals surface area contributed by atoms with Crippen molar-refractivity contribution >= 4 is 11.8 Å². The summed E-state index contributed by atoms with van der Waals surface area (Å²) in [7, 11) is 0. The highest BCUT2D eigenvalue weighted by Gasteiger charge is 2.32. The highest BCUT2D eigenvalue weighted by Crippen LogP contribution is 2.30. The number of nitrogens with one attached hydrogen (secondary N) is 1. The van der Waals surface area contributed by atoms with Crippen LogP contribution in [0, 0.1) is 0 Å². The van der Waals surface area contributed by atoms with Crippen LogP contribution in [0.25, 0.3) is 0 Å². The highest BCUT2D eigenvalue weighted by molar-refractivity contribution is 5.89. The van der Waals surface area contributed by atoms with Crippen molar-refractivity contribution in [1.29, 1.82) is 0 Å². The normalized spacial score (nSPS) is 14.1. The van der Waals surface area contributed by atoms with Crippen LogP contribution in [0.5, 0.6) is 0 Å². The second-order valence-electron chi connectivity index (χ2n) is 6.38. The first-order chi connectivity index (χ1) is 13.8. The number of amides is 2. The van der Waals surface area contributed by atoms with Crippen LogP contribution in [0.15, 0.2) is 48.5 Å². The van der Waals surface area contributed by atoms with E-state index in [0.717, 1.165) is 36.4 Å². The van der Waals surface area contributed by atoms with E-state index in [-0.39, 0.29) is 17.5 Å². The van der Waals surface area contributed by atoms with Gasteiger partial charge in [0.25, 0.3) is 5.91 Å². The molecular weight excluding hydrogens is 418 g/mol. The maximum Gasteiger partial charge on any atom is 0.416 e. The Hall–Kier alpha value is -3.08. The van der Waals surface area contributed by atoms with E-state index in [4.69, 9.17) is 5.73 Å². The van der Waals surface area contributed by atoms with Gasteiger partial charge >= 0.3 is 12.4 Å². The summed E-state index contributed by atoms with van der Waals surface area (Å²) in [6, 6.07) is 5.62. The van der Waals surface area contributed by atoms with E-state index in [9.17, 15) is 41.0 Å². The van der Waals surface area contributed by atoms with Gasteiger partial charge in [-0.15, -0.1) is 0 Å². The van der Waals surface area contributed by atoms with Gasteiger partial charge in [0.2, 0.25) is 5.91 Å². The van der Waals surface area contributed by atoms with E-state index in [1.54, 1.807) is 0 Å². The van der Waals surface area contributed by atoms with Gasteiger partial charge in [-0.2, -0.15) is 26.3 Å². The molecule has 0 heterocycles. The number of aliphatic hydroxyl groups excluding tert-OH is 1. The fourth-order valence-electron chi connectivity index (χ4n) is 2.54. The van der Waals surface area contributed by atoms with Crippen LogP contribution in [-0.2, 0) is 28.4 Å². The molecule has 0 radical (unpaired) electrons. The molecule has 0 aliphatic carbocycles. The smallest absolute Gasteiger partial charge is 0.378 e. The van der Waals surface area contributed by atoms with Crippen LogP contribution in [-0.4, -0.2) is 23.0 Å². The lowest BCUT2D eigenvalue weighted by atomic mass is 10.0. The predicted octanol–water partition coefficient (Wildman–Crippen LogP) is 2.97. The second kappa shape index (κ2) is 8.74. The van der Waals surface area contributed by atoms with E-state index >= 15 is 0 Å². The Morgan fingerprint density at radius 1 is 0.867 bits per heavy atom. The molecule has 2 rings (SSSR count). The van der Waals surface area contributed by atoms with E-state index < -0.39 is 47.4 Å². The number of aliphatic hydroxyl groups is 1. The van der Waals surface area contributed by atoms with E-state index in [2.05, 4.69) is 5.32 Å². The van der Waals surface area contributed by atoms with Crippen LogP contribution >= 0.6 is 0 Å². The third-order valence-corrected chi connectivity index (χ3v) is 4.18. The molecule has 0 unspecified atom stereocenters. The number of benzene rings is 2. The molecule has 0 spiro atoms.